The molecule has 0 aliphatic rings. The highest BCUT2D eigenvalue weighted by Gasteiger charge is 2.01. The molecule has 0 saturated heterocycles. The smallest absolute Gasteiger partial charge is 0.331 e. The summed E-state index contributed by atoms with van der Waals surface area (Å²) in [7, 11) is 0. The fourth-order valence-electron chi connectivity index (χ4n) is 0.759. The molecule has 0 fully saturated rings. The van der Waals surface area contributed by atoms with Crippen LogP contribution in [-0.2, 0) is 4.79 Å². The number of rotatable bonds is 6. The van der Waals surface area contributed by atoms with Gasteiger partial charge in [-0.25, -0.2) is 4.79 Å². The molecule has 0 aromatic heterocycles. The average molecular weight is 173 g/mol. The van der Waals surface area contributed by atoms with Crippen LogP contribution in [0.15, 0.2) is 11.6 Å². The number of nitrogens with one attached hydrogen (secondary N) is 1. The quantitative estimate of drug-likeness (QED) is 0.390. The van der Waals surface area contributed by atoms with Crippen LogP contribution >= 0.6 is 0 Å². The minimum atomic E-state index is -0.872. The van der Waals surface area contributed by atoms with Crippen molar-refractivity contribution in [2.75, 3.05) is 19.7 Å². The highest BCUT2D eigenvalue weighted by Crippen LogP contribution is 1.98. The van der Waals surface area contributed by atoms with E-state index in [1.807, 2.05) is 0 Å². The summed E-state index contributed by atoms with van der Waals surface area (Å²) in [5.41, 5.74) is 0.403. The Balaban J connectivity index is 3.71. The summed E-state index contributed by atoms with van der Waals surface area (Å²) in [5, 5.41) is 19.8. The van der Waals surface area contributed by atoms with Crippen LogP contribution in [0.2, 0.25) is 0 Å². The van der Waals surface area contributed by atoms with Gasteiger partial charge in [0.15, 0.2) is 0 Å². The minimum Gasteiger partial charge on any atom is -0.478 e. The SMILES string of the molecule is CCC(=CCNCCO)C(=O)O. The molecule has 0 aromatic rings. The maximum atomic E-state index is 10.4. The molecule has 4 nitrogen and oxygen atoms in total. The Kier molecular flexibility index (Phi) is 6.32. The molecule has 0 rings (SSSR count). The lowest BCUT2D eigenvalue weighted by Gasteiger charge is -1.99. The zero-order chi connectivity index (χ0) is 9.40. The minimum absolute atomic E-state index is 0.0718. The van der Waals surface area contributed by atoms with Crippen molar-refractivity contribution >= 4 is 5.97 Å². The first-order chi connectivity index (χ1) is 5.72. The van der Waals surface area contributed by atoms with E-state index >= 15 is 0 Å². The summed E-state index contributed by atoms with van der Waals surface area (Å²) < 4.78 is 0. The van der Waals surface area contributed by atoms with Crippen molar-refractivity contribution in [3.05, 3.63) is 11.6 Å². The molecule has 0 spiro atoms. The second-order valence-corrected chi connectivity index (χ2v) is 2.32. The fourth-order valence-corrected chi connectivity index (χ4v) is 0.759. The fraction of sp³-hybridized carbons (Fsp3) is 0.625. The van der Waals surface area contributed by atoms with Crippen molar-refractivity contribution < 1.29 is 15.0 Å². The number of aliphatic hydroxyl groups excluding tert-OH is 1. The van der Waals surface area contributed by atoms with Crippen LogP contribution < -0.4 is 5.32 Å². The highest BCUT2D eigenvalue weighted by molar-refractivity contribution is 5.86. The van der Waals surface area contributed by atoms with Crippen molar-refractivity contribution in [2.24, 2.45) is 0 Å². The Hall–Kier alpha value is -0.870. The molecule has 4 heteroatoms. The van der Waals surface area contributed by atoms with E-state index in [1.165, 1.54) is 0 Å². The Morgan fingerprint density at radius 3 is 2.67 bits per heavy atom. The number of aliphatic carboxylic acids is 1. The normalized spacial score (nSPS) is 11.7. The Labute approximate surface area is 71.9 Å². The predicted molar refractivity (Wildman–Crippen MR) is 46.0 cm³/mol. The summed E-state index contributed by atoms with van der Waals surface area (Å²) in [5.74, 6) is -0.872. The van der Waals surface area contributed by atoms with Crippen LogP contribution in [0, 0.1) is 0 Å². The van der Waals surface area contributed by atoms with Gasteiger partial charge in [-0.2, -0.15) is 0 Å². The monoisotopic (exact) mass is 173 g/mol. The van der Waals surface area contributed by atoms with Gasteiger partial charge in [0.2, 0.25) is 0 Å². The van der Waals surface area contributed by atoms with Gasteiger partial charge in [0, 0.05) is 18.7 Å². The van der Waals surface area contributed by atoms with Crippen LogP contribution in [0.1, 0.15) is 13.3 Å². The summed E-state index contributed by atoms with van der Waals surface area (Å²) in [6, 6.07) is 0. The molecule has 3 N–H and O–H groups in total. The van der Waals surface area contributed by atoms with Crippen molar-refractivity contribution in [1.29, 1.82) is 0 Å². The standard InChI is InChI=1S/C8H15NO3/c1-2-7(8(11)12)3-4-9-5-6-10/h3,9-10H,2,4-6H2,1H3,(H,11,12). The first kappa shape index (κ1) is 11.1. The number of aliphatic hydroxyl groups is 1. The first-order valence-electron chi connectivity index (χ1n) is 3.96. The molecule has 12 heavy (non-hydrogen) atoms. The van der Waals surface area contributed by atoms with E-state index in [4.69, 9.17) is 10.2 Å². The molecule has 0 bridgehead atoms. The lowest BCUT2D eigenvalue weighted by Crippen LogP contribution is -2.18. The van der Waals surface area contributed by atoms with E-state index in [0.29, 0.717) is 25.1 Å². The van der Waals surface area contributed by atoms with E-state index in [0.717, 1.165) is 0 Å². The maximum Gasteiger partial charge on any atom is 0.331 e. The molecule has 0 saturated carbocycles. The van der Waals surface area contributed by atoms with Crippen LogP contribution in [-0.4, -0.2) is 35.9 Å². The van der Waals surface area contributed by atoms with Crippen LogP contribution in [0.4, 0.5) is 0 Å². The molecule has 0 aliphatic heterocycles. The Morgan fingerprint density at radius 2 is 2.25 bits per heavy atom. The van der Waals surface area contributed by atoms with Gasteiger partial charge in [0.05, 0.1) is 6.61 Å². The molecule has 0 amide bonds. The molecular weight excluding hydrogens is 158 g/mol. The molecule has 0 atom stereocenters. The summed E-state index contributed by atoms with van der Waals surface area (Å²) in [6.07, 6.45) is 2.15. The number of carboxylic acid groups (broad SMARTS) is 1. The zero-order valence-corrected chi connectivity index (χ0v) is 7.21. The first-order valence-corrected chi connectivity index (χ1v) is 3.96. The lowest BCUT2D eigenvalue weighted by atomic mass is 10.2. The van der Waals surface area contributed by atoms with Gasteiger partial charge >= 0.3 is 5.97 Å². The predicted octanol–water partition coefficient (Wildman–Crippen LogP) is -0.0107. The number of hydrogen-bond acceptors (Lipinski definition) is 3. The third-order valence-electron chi connectivity index (χ3n) is 1.44. The number of hydrogen-bond donors (Lipinski definition) is 3. The highest BCUT2D eigenvalue weighted by atomic mass is 16.4. The molecule has 0 heterocycles. The van der Waals surface area contributed by atoms with Gasteiger partial charge in [0.1, 0.15) is 0 Å². The third-order valence-corrected chi connectivity index (χ3v) is 1.44. The number of carbonyl (C=O) groups is 1. The lowest BCUT2D eigenvalue weighted by molar-refractivity contribution is -0.132. The van der Waals surface area contributed by atoms with Gasteiger partial charge in [-0.3, -0.25) is 0 Å². The van der Waals surface area contributed by atoms with Crippen LogP contribution in [0.3, 0.4) is 0 Å². The van der Waals surface area contributed by atoms with Gasteiger partial charge < -0.3 is 15.5 Å². The van der Waals surface area contributed by atoms with Crippen molar-refractivity contribution in [1.82, 2.24) is 5.32 Å². The largest absolute Gasteiger partial charge is 0.478 e. The molecule has 0 radical (unpaired) electrons. The second-order valence-electron chi connectivity index (χ2n) is 2.32. The second kappa shape index (κ2) is 6.82. The van der Waals surface area contributed by atoms with Crippen LogP contribution in [0.5, 0.6) is 0 Å². The van der Waals surface area contributed by atoms with Crippen LogP contribution in [0.25, 0.3) is 0 Å². The van der Waals surface area contributed by atoms with Gasteiger partial charge in [-0.15, -0.1) is 0 Å². The van der Waals surface area contributed by atoms with E-state index in [2.05, 4.69) is 5.32 Å². The summed E-state index contributed by atoms with van der Waals surface area (Å²) in [6.45, 7) is 2.86. The molecule has 70 valence electrons. The van der Waals surface area contributed by atoms with Crippen molar-refractivity contribution in [3.8, 4) is 0 Å². The van der Waals surface area contributed by atoms with E-state index in [9.17, 15) is 4.79 Å². The molecule has 0 aromatic carbocycles. The van der Waals surface area contributed by atoms with Gasteiger partial charge in [-0.1, -0.05) is 13.0 Å². The average Bonchev–Trinajstić information content (AvgIpc) is 2.04. The Morgan fingerprint density at radius 1 is 1.58 bits per heavy atom. The van der Waals surface area contributed by atoms with Crippen molar-refractivity contribution in [2.45, 2.75) is 13.3 Å². The topological polar surface area (TPSA) is 69.6 Å². The van der Waals surface area contributed by atoms with Crippen molar-refractivity contribution in [3.63, 3.8) is 0 Å². The maximum absolute atomic E-state index is 10.4. The third kappa shape index (κ3) is 4.87. The van der Waals surface area contributed by atoms with E-state index in [-0.39, 0.29) is 6.61 Å². The Bertz CT molecular complexity index is 166. The zero-order valence-electron chi connectivity index (χ0n) is 7.21. The van der Waals surface area contributed by atoms with Gasteiger partial charge in [0.25, 0.3) is 0 Å². The van der Waals surface area contributed by atoms with E-state index < -0.39 is 5.97 Å². The van der Waals surface area contributed by atoms with Gasteiger partial charge in [-0.05, 0) is 6.42 Å². The summed E-state index contributed by atoms with van der Waals surface area (Å²) >= 11 is 0. The summed E-state index contributed by atoms with van der Waals surface area (Å²) in [4.78, 5) is 10.4. The van der Waals surface area contributed by atoms with E-state index in [1.54, 1.807) is 13.0 Å². The molecule has 0 unspecified atom stereocenters. The molecular formula is C8H15NO3. The number of carboxylic acids is 1. The molecule has 0 aliphatic carbocycles.